The molecule has 22 heavy (non-hydrogen) atoms. The largest absolute Gasteiger partial charge is 0.282 e. The lowest BCUT2D eigenvalue weighted by molar-refractivity contribution is 0.389. The molecule has 5 nitrogen and oxygen atoms in total. The molecule has 7 heteroatoms. The molecule has 1 N–H and O–H groups in total. The number of nitrogens with one attached hydrogen (secondary N) is 1. The second-order valence-corrected chi connectivity index (χ2v) is 8.51. The summed E-state index contributed by atoms with van der Waals surface area (Å²) in [6.45, 7) is 0.941. The topological polar surface area (TPSA) is 66.1 Å². The first-order valence-corrected chi connectivity index (χ1v) is 9.25. The van der Waals surface area contributed by atoms with E-state index in [1.54, 1.807) is 4.31 Å². The van der Waals surface area contributed by atoms with Crippen LogP contribution in [0.5, 0.6) is 0 Å². The fourth-order valence-electron chi connectivity index (χ4n) is 2.91. The lowest BCUT2D eigenvalue weighted by Gasteiger charge is -2.26. The molecule has 1 aromatic carbocycles. The summed E-state index contributed by atoms with van der Waals surface area (Å²) in [6, 6.07) is 7.46. The molecule has 1 saturated carbocycles. The Kier molecular flexibility index (Phi) is 3.29. The highest BCUT2D eigenvalue weighted by molar-refractivity contribution is 7.90. The number of hydrogen-bond acceptors (Lipinski definition) is 3. The molecule has 1 aromatic heterocycles. The Morgan fingerprint density at radius 1 is 1.23 bits per heavy atom. The number of H-pyrrole nitrogens is 1. The van der Waals surface area contributed by atoms with Gasteiger partial charge in [-0.15, -0.1) is 0 Å². The van der Waals surface area contributed by atoms with E-state index in [-0.39, 0.29) is 5.25 Å². The van der Waals surface area contributed by atoms with Crippen molar-refractivity contribution < 1.29 is 8.42 Å². The van der Waals surface area contributed by atoms with E-state index >= 15 is 0 Å². The number of sulfonamides is 1. The molecule has 2 aliphatic rings. The monoisotopic (exact) mass is 337 g/mol. The van der Waals surface area contributed by atoms with E-state index < -0.39 is 10.0 Å². The zero-order valence-electron chi connectivity index (χ0n) is 11.9. The predicted octanol–water partition coefficient (Wildman–Crippen LogP) is 2.58. The Morgan fingerprint density at radius 3 is 2.64 bits per heavy atom. The minimum atomic E-state index is -3.14. The molecule has 1 aliphatic carbocycles. The SMILES string of the molecule is O=S(=O)(C1CC1)N1CCc2[nH]nc(-c3ccc(Cl)cc3)c2C1. The number of nitrogens with zero attached hydrogens (tertiary/aromatic N) is 2. The van der Waals surface area contributed by atoms with E-state index in [2.05, 4.69) is 10.2 Å². The number of fused-ring (bicyclic) bond motifs is 1. The van der Waals surface area contributed by atoms with E-state index in [1.165, 1.54) is 0 Å². The third-order valence-electron chi connectivity index (χ3n) is 4.32. The van der Waals surface area contributed by atoms with Crippen LogP contribution in [0.25, 0.3) is 11.3 Å². The highest BCUT2D eigenvalue weighted by atomic mass is 35.5. The number of rotatable bonds is 3. The van der Waals surface area contributed by atoms with E-state index in [4.69, 9.17) is 11.6 Å². The van der Waals surface area contributed by atoms with Crippen LogP contribution in [0.1, 0.15) is 24.1 Å². The minimum absolute atomic E-state index is 0.167. The number of hydrogen-bond donors (Lipinski definition) is 1. The van der Waals surface area contributed by atoms with Gasteiger partial charge < -0.3 is 0 Å². The van der Waals surface area contributed by atoms with Gasteiger partial charge in [-0.2, -0.15) is 9.40 Å². The Labute approximate surface area is 134 Å². The minimum Gasteiger partial charge on any atom is -0.282 e. The number of aromatic nitrogens is 2. The van der Waals surface area contributed by atoms with Crippen molar-refractivity contribution in [3.05, 3.63) is 40.5 Å². The average molecular weight is 338 g/mol. The second-order valence-electron chi connectivity index (χ2n) is 5.86. The van der Waals surface area contributed by atoms with Gasteiger partial charge >= 0.3 is 0 Å². The number of aromatic amines is 1. The van der Waals surface area contributed by atoms with Crippen molar-refractivity contribution in [2.75, 3.05) is 6.54 Å². The van der Waals surface area contributed by atoms with Crippen molar-refractivity contribution in [2.24, 2.45) is 0 Å². The summed E-state index contributed by atoms with van der Waals surface area (Å²) in [7, 11) is -3.14. The first-order valence-electron chi connectivity index (χ1n) is 7.37. The van der Waals surface area contributed by atoms with Gasteiger partial charge in [-0.1, -0.05) is 23.7 Å². The third-order valence-corrected chi connectivity index (χ3v) is 6.92. The molecule has 0 amide bonds. The number of benzene rings is 1. The first kappa shape index (κ1) is 14.2. The standard InChI is InChI=1S/C15H16ClN3O2S/c16-11-3-1-10(2-4-11)15-13-9-19(8-7-14(13)17-18-15)22(20,21)12-5-6-12/h1-4,12H,5-9H2,(H,17,18). The van der Waals surface area contributed by atoms with Gasteiger partial charge in [-0.05, 0) is 25.0 Å². The zero-order valence-corrected chi connectivity index (χ0v) is 13.5. The number of halogens is 1. The van der Waals surface area contributed by atoms with Crippen molar-refractivity contribution in [1.29, 1.82) is 0 Å². The van der Waals surface area contributed by atoms with Crippen molar-refractivity contribution >= 4 is 21.6 Å². The van der Waals surface area contributed by atoms with E-state index in [9.17, 15) is 8.42 Å². The summed E-state index contributed by atoms with van der Waals surface area (Å²) in [5.41, 5.74) is 3.79. The van der Waals surface area contributed by atoms with Crippen LogP contribution in [0.3, 0.4) is 0 Å². The summed E-state index contributed by atoms with van der Waals surface area (Å²) < 4.78 is 26.5. The van der Waals surface area contributed by atoms with Crippen molar-refractivity contribution in [1.82, 2.24) is 14.5 Å². The van der Waals surface area contributed by atoms with Gasteiger partial charge in [0.15, 0.2) is 0 Å². The zero-order chi connectivity index (χ0) is 15.3. The molecule has 2 heterocycles. The molecule has 4 rings (SSSR count). The molecular formula is C15H16ClN3O2S. The second kappa shape index (κ2) is 5.08. The molecule has 0 spiro atoms. The summed E-state index contributed by atoms with van der Waals surface area (Å²) in [6.07, 6.45) is 2.27. The van der Waals surface area contributed by atoms with Crippen LogP contribution in [-0.4, -0.2) is 34.7 Å². The van der Waals surface area contributed by atoms with Crippen LogP contribution in [0.15, 0.2) is 24.3 Å². The molecule has 116 valence electrons. The van der Waals surface area contributed by atoms with Gasteiger partial charge in [0.05, 0.1) is 10.9 Å². The molecule has 0 saturated heterocycles. The smallest absolute Gasteiger partial charge is 0.217 e. The summed E-state index contributed by atoms with van der Waals surface area (Å²) >= 11 is 5.93. The highest BCUT2D eigenvalue weighted by Crippen LogP contribution is 2.35. The van der Waals surface area contributed by atoms with Crippen molar-refractivity contribution in [2.45, 2.75) is 31.1 Å². The van der Waals surface area contributed by atoms with Gasteiger partial charge in [0.25, 0.3) is 0 Å². The van der Waals surface area contributed by atoms with Crippen molar-refractivity contribution in [3.8, 4) is 11.3 Å². The highest BCUT2D eigenvalue weighted by Gasteiger charge is 2.41. The molecule has 2 aromatic rings. The molecule has 1 fully saturated rings. The average Bonchev–Trinajstić information content (AvgIpc) is 3.29. The Bertz CT molecular complexity index is 810. The summed E-state index contributed by atoms with van der Waals surface area (Å²) in [5.74, 6) is 0. The fourth-order valence-corrected chi connectivity index (χ4v) is 4.84. The van der Waals surface area contributed by atoms with Gasteiger partial charge in [0.1, 0.15) is 0 Å². The van der Waals surface area contributed by atoms with Gasteiger partial charge in [0.2, 0.25) is 10.0 Å². The van der Waals surface area contributed by atoms with E-state index in [0.717, 1.165) is 35.4 Å². The maximum atomic E-state index is 12.4. The summed E-state index contributed by atoms with van der Waals surface area (Å²) in [4.78, 5) is 0. The van der Waals surface area contributed by atoms with Gasteiger partial charge in [-0.25, -0.2) is 8.42 Å². The first-order chi connectivity index (χ1) is 10.6. The van der Waals surface area contributed by atoms with E-state index in [1.807, 2.05) is 24.3 Å². The molecular weight excluding hydrogens is 322 g/mol. The Balaban J connectivity index is 1.69. The maximum absolute atomic E-state index is 12.4. The van der Waals surface area contributed by atoms with Crippen LogP contribution in [-0.2, 0) is 23.0 Å². The normalized spacial score (nSPS) is 19.1. The summed E-state index contributed by atoms with van der Waals surface area (Å²) in [5, 5.41) is 7.94. The van der Waals surface area contributed by atoms with Crippen LogP contribution in [0, 0.1) is 0 Å². The van der Waals surface area contributed by atoms with Gasteiger partial charge in [0, 0.05) is 41.4 Å². The van der Waals surface area contributed by atoms with Crippen LogP contribution in [0.2, 0.25) is 5.02 Å². The predicted molar refractivity (Wildman–Crippen MR) is 85.1 cm³/mol. The van der Waals surface area contributed by atoms with Crippen LogP contribution in [0.4, 0.5) is 0 Å². The molecule has 0 unspecified atom stereocenters. The van der Waals surface area contributed by atoms with Crippen LogP contribution >= 0.6 is 11.6 Å². The van der Waals surface area contributed by atoms with Crippen molar-refractivity contribution in [3.63, 3.8) is 0 Å². The van der Waals surface area contributed by atoms with Crippen LogP contribution < -0.4 is 0 Å². The molecule has 0 atom stereocenters. The van der Waals surface area contributed by atoms with E-state index in [0.29, 0.717) is 24.5 Å². The maximum Gasteiger partial charge on any atom is 0.217 e. The Hall–Kier alpha value is -1.37. The quantitative estimate of drug-likeness (QED) is 0.936. The Morgan fingerprint density at radius 2 is 1.95 bits per heavy atom. The molecule has 1 aliphatic heterocycles. The van der Waals surface area contributed by atoms with Gasteiger partial charge in [-0.3, -0.25) is 5.10 Å². The third kappa shape index (κ3) is 2.35. The molecule has 0 radical (unpaired) electrons. The lowest BCUT2D eigenvalue weighted by atomic mass is 10.0. The fraction of sp³-hybridized carbons (Fsp3) is 0.400. The lowest BCUT2D eigenvalue weighted by Crippen LogP contribution is -2.37. The molecule has 0 bridgehead atoms.